The Morgan fingerprint density at radius 2 is 1.78 bits per heavy atom. The van der Waals surface area contributed by atoms with Gasteiger partial charge in [-0.1, -0.05) is 41.6 Å². The molecule has 0 saturated heterocycles. The topological polar surface area (TPSA) is 83.0 Å². The van der Waals surface area contributed by atoms with Crippen molar-refractivity contribution >= 4 is 22.5 Å². The zero-order chi connectivity index (χ0) is 22.1. The number of aromatic nitrogens is 4. The van der Waals surface area contributed by atoms with Crippen molar-refractivity contribution in [3.8, 4) is 34.4 Å². The van der Waals surface area contributed by atoms with Gasteiger partial charge in [-0.25, -0.2) is 0 Å². The third-order valence-electron chi connectivity index (χ3n) is 5.06. The maximum absolute atomic E-state index is 13.2. The lowest BCUT2D eigenvalue weighted by atomic mass is 10.1. The van der Waals surface area contributed by atoms with E-state index in [0.717, 1.165) is 10.5 Å². The standard InChI is InChI=1S/C24H18N4O3S/c1-30-17-9-5-7-15(13-17)22-25-23(31-27-22)21-19-11-3-4-12-20(19)24(29)28(26-21)16-8-6-10-18(14-16)32-2/h3-14H,1-2H3. The molecular weight excluding hydrogens is 424 g/mol. The molecule has 5 aromatic rings. The molecule has 0 spiro atoms. The van der Waals surface area contributed by atoms with E-state index in [0.29, 0.717) is 33.7 Å². The summed E-state index contributed by atoms with van der Waals surface area (Å²) in [6.45, 7) is 0. The first-order valence-corrected chi connectivity index (χ1v) is 11.1. The molecule has 0 N–H and O–H groups in total. The van der Waals surface area contributed by atoms with Crippen molar-refractivity contribution in [2.45, 2.75) is 4.90 Å². The van der Waals surface area contributed by atoms with Crippen molar-refractivity contribution in [2.24, 2.45) is 0 Å². The molecule has 2 heterocycles. The first-order chi connectivity index (χ1) is 15.7. The average Bonchev–Trinajstić information content (AvgIpc) is 3.35. The van der Waals surface area contributed by atoms with Crippen molar-refractivity contribution in [2.75, 3.05) is 13.4 Å². The molecule has 5 rings (SSSR count). The van der Waals surface area contributed by atoms with Gasteiger partial charge in [-0.05, 0) is 42.7 Å². The normalized spacial score (nSPS) is 11.1. The van der Waals surface area contributed by atoms with Gasteiger partial charge in [-0.3, -0.25) is 4.79 Å². The molecule has 0 aliphatic rings. The lowest BCUT2D eigenvalue weighted by molar-refractivity contribution is 0.414. The summed E-state index contributed by atoms with van der Waals surface area (Å²) in [7, 11) is 1.60. The summed E-state index contributed by atoms with van der Waals surface area (Å²) in [4.78, 5) is 18.8. The van der Waals surface area contributed by atoms with E-state index < -0.39 is 0 Å². The lowest BCUT2D eigenvalue weighted by Crippen LogP contribution is -2.22. The van der Waals surface area contributed by atoms with Gasteiger partial charge in [0.1, 0.15) is 5.75 Å². The van der Waals surface area contributed by atoms with Crippen LogP contribution < -0.4 is 10.3 Å². The molecule has 0 aliphatic carbocycles. The maximum atomic E-state index is 13.2. The number of ether oxygens (including phenoxy) is 1. The lowest BCUT2D eigenvalue weighted by Gasteiger charge is -2.10. The molecule has 0 radical (unpaired) electrons. The number of methoxy groups -OCH3 is 1. The summed E-state index contributed by atoms with van der Waals surface area (Å²) in [5.74, 6) is 1.33. The fourth-order valence-electron chi connectivity index (χ4n) is 3.46. The number of thioether (sulfide) groups is 1. The Kier molecular flexibility index (Phi) is 5.20. The molecule has 3 aromatic carbocycles. The SMILES string of the molecule is COc1cccc(-c2noc(-c3nn(-c4cccc(SC)c4)c(=O)c4ccccc34)n2)c1. The van der Waals surface area contributed by atoms with E-state index in [1.807, 2.05) is 73.0 Å². The summed E-state index contributed by atoms with van der Waals surface area (Å²) >= 11 is 1.60. The van der Waals surface area contributed by atoms with Gasteiger partial charge in [0, 0.05) is 15.8 Å². The van der Waals surface area contributed by atoms with E-state index in [1.54, 1.807) is 24.9 Å². The summed E-state index contributed by atoms with van der Waals surface area (Å²) in [5.41, 5.74) is 1.65. The number of hydrogen-bond acceptors (Lipinski definition) is 7. The number of fused-ring (bicyclic) bond motifs is 1. The minimum absolute atomic E-state index is 0.213. The Hall–Kier alpha value is -3.91. The molecule has 0 bridgehead atoms. The Bertz CT molecular complexity index is 1490. The highest BCUT2D eigenvalue weighted by Crippen LogP contribution is 2.28. The van der Waals surface area contributed by atoms with E-state index >= 15 is 0 Å². The summed E-state index contributed by atoms with van der Waals surface area (Å²) in [6.07, 6.45) is 1.99. The highest BCUT2D eigenvalue weighted by atomic mass is 32.2. The molecule has 0 unspecified atom stereocenters. The second kappa shape index (κ2) is 8.32. The Balaban J connectivity index is 1.70. The second-order valence-electron chi connectivity index (χ2n) is 6.97. The molecule has 0 fully saturated rings. The van der Waals surface area contributed by atoms with Gasteiger partial charge in [0.2, 0.25) is 5.82 Å². The van der Waals surface area contributed by atoms with Gasteiger partial charge < -0.3 is 9.26 Å². The van der Waals surface area contributed by atoms with Gasteiger partial charge in [0.05, 0.1) is 18.2 Å². The first-order valence-electron chi connectivity index (χ1n) is 9.83. The number of hydrogen-bond donors (Lipinski definition) is 0. The third kappa shape index (κ3) is 3.54. The van der Waals surface area contributed by atoms with Crippen molar-refractivity contribution in [3.63, 3.8) is 0 Å². The van der Waals surface area contributed by atoms with Gasteiger partial charge >= 0.3 is 0 Å². The first kappa shape index (κ1) is 20.0. The van der Waals surface area contributed by atoms with Crippen LogP contribution >= 0.6 is 11.8 Å². The molecule has 0 aliphatic heterocycles. The van der Waals surface area contributed by atoms with Crippen LogP contribution in [-0.4, -0.2) is 33.3 Å². The molecule has 158 valence electrons. The van der Waals surface area contributed by atoms with Gasteiger partial charge in [0.15, 0.2) is 5.69 Å². The van der Waals surface area contributed by atoms with E-state index in [2.05, 4.69) is 15.2 Å². The molecule has 0 atom stereocenters. The van der Waals surface area contributed by atoms with Crippen LogP contribution in [0, 0.1) is 0 Å². The molecule has 8 heteroatoms. The van der Waals surface area contributed by atoms with Crippen molar-refractivity contribution in [3.05, 3.63) is 83.2 Å². The smallest absolute Gasteiger partial charge is 0.279 e. The predicted molar refractivity (Wildman–Crippen MR) is 124 cm³/mol. The van der Waals surface area contributed by atoms with E-state index in [9.17, 15) is 4.79 Å². The minimum Gasteiger partial charge on any atom is -0.497 e. The predicted octanol–water partition coefficient (Wildman–Crippen LogP) is 4.83. The van der Waals surface area contributed by atoms with E-state index in [-0.39, 0.29) is 11.4 Å². The van der Waals surface area contributed by atoms with Crippen LogP contribution in [0.1, 0.15) is 0 Å². The average molecular weight is 443 g/mol. The molecule has 2 aromatic heterocycles. The van der Waals surface area contributed by atoms with Crippen LogP contribution in [0.2, 0.25) is 0 Å². The molecule has 0 saturated carbocycles. The summed E-state index contributed by atoms with van der Waals surface area (Å²) in [5, 5.41) is 9.93. The van der Waals surface area contributed by atoms with Crippen LogP contribution in [0.5, 0.6) is 5.75 Å². The Morgan fingerprint density at radius 1 is 0.969 bits per heavy atom. The third-order valence-corrected chi connectivity index (χ3v) is 5.78. The van der Waals surface area contributed by atoms with Crippen LogP contribution in [-0.2, 0) is 0 Å². The highest BCUT2D eigenvalue weighted by molar-refractivity contribution is 7.98. The van der Waals surface area contributed by atoms with Crippen LogP contribution in [0.15, 0.2) is 87.0 Å². The molecule has 32 heavy (non-hydrogen) atoms. The van der Waals surface area contributed by atoms with Crippen molar-refractivity contribution in [1.82, 2.24) is 19.9 Å². The number of benzene rings is 3. The fourth-order valence-corrected chi connectivity index (χ4v) is 3.92. The summed E-state index contributed by atoms with van der Waals surface area (Å²) < 4.78 is 12.2. The van der Waals surface area contributed by atoms with Gasteiger partial charge in [-0.2, -0.15) is 14.8 Å². The van der Waals surface area contributed by atoms with Gasteiger partial charge in [-0.15, -0.1) is 11.8 Å². The Morgan fingerprint density at radius 3 is 2.59 bits per heavy atom. The van der Waals surface area contributed by atoms with E-state index in [4.69, 9.17) is 9.26 Å². The quantitative estimate of drug-likeness (QED) is 0.360. The molecular formula is C24H18N4O3S. The van der Waals surface area contributed by atoms with Crippen LogP contribution in [0.3, 0.4) is 0 Å². The summed E-state index contributed by atoms with van der Waals surface area (Å²) in [6, 6.07) is 22.3. The van der Waals surface area contributed by atoms with Crippen molar-refractivity contribution in [1.29, 1.82) is 0 Å². The van der Waals surface area contributed by atoms with Gasteiger partial charge in [0.25, 0.3) is 11.4 Å². The largest absolute Gasteiger partial charge is 0.497 e. The Labute approximate surface area is 187 Å². The monoisotopic (exact) mass is 442 g/mol. The zero-order valence-electron chi connectivity index (χ0n) is 17.4. The maximum Gasteiger partial charge on any atom is 0.279 e. The highest BCUT2D eigenvalue weighted by Gasteiger charge is 2.19. The zero-order valence-corrected chi connectivity index (χ0v) is 18.2. The van der Waals surface area contributed by atoms with Crippen LogP contribution in [0.4, 0.5) is 0 Å². The molecule has 7 nitrogen and oxygen atoms in total. The fraction of sp³-hybridized carbons (Fsp3) is 0.0833. The number of rotatable bonds is 5. The van der Waals surface area contributed by atoms with Crippen molar-refractivity contribution < 1.29 is 9.26 Å². The molecule has 0 amide bonds. The minimum atomic E-state index is -0.213. The number of nitrogens with zero attached hydrogens (tertiary/aromatic N) is 4. The van der Waals surface area contributed by atoms with Crippen LogP contribution in [0.25, 0.3) is 39.4 Å². The second-order valence-corrected chi connectivity index (χ2v) is 7.85. The van der Waals surface area contributed by atoms with E-state index in [1.165, 1.54) is 4.68 Å².